The van der Waals surface area contributed by atoms with Gasteiger partial charge < -0.3 is 14.4 Å². The number of nitrogens with zero attached hydrogens (tertiary/aromatic N) is 1. The number of ether oxygens (including phenoxy) is 2. The van der Waals surface area contributed by atoms with E-state index in [0.29, 0.717) is 13.1 Å². The van der Waals surface area contributed by atoms with E-state index < -0.39 is 15.4 Å². The summed E-state index contributed by atoms with van der Waals surface area (Å²) in [5, 5.41) is -0.379. The minimum atomic E-state index is -3.12. The average Bonchev–Trinajstić information content (AvgIpc) is 2.78. The van der Waals surface area contributed by atoms with Crippen LogP contribution in [-0.4, -0.2) is 49.0 Å². The van der Waals surface area contributed by atoms with Gasteiger partial charge in [-0.25, -0.2) is 13.2 Å². The van der Waals surface area contributed by atoms with Gasteiger partial charge in [0.15, 0.2) is 9.84 Å². The average molecular weight is 500 g/mol. The van der Waals surface area contributed by atoms with Crippen LogP contribution >= 0.6 is 0 Å². The van der Waals surface area contributed by atoms with Gasteiger partial charge in [-0.15, -0.1) is 0 Å². The minimum absolute atomic E-state index is 0.0659. The van der Waals surface area contributed by atoms with Crippen LogP contribution in [0.2, 0.25) is 0 Å². The van der Waals surface area contributed by atoms with Gasteiger partial charge >= 0.3 is 6.09 Å². The zero-order valence-corrected chi connectivity index (χ0v) is 22.3. The van der Waals surface area contributed by atoms with Gasteiger partial charge in [0.1, 0.15) is 17.0 Å². The van der Waals surface area contributed by atoms with E-state index in [-0.39, 0.29) is 22.7 Å². The van der Waals surface area contributed by atoms with Gasteiger partial charge in [-0.2, -0.15) is 0 Å². The third-order valence-electron chi connectivity index (χ3n) is 6.94. The molecular weight excluding hydrogens is 462 g/mol. The SMILES string of the molecule is CC(C)S(=O)(=O)Cc1ccc(-c2ccc3c(c2)CCC2(CCN(C(=O)OC(C)(C)C)CC2)O3)cc1. The number of benzene rings is 2. The smallest absolute Gasteiger partial charge is 0.410 e. The number of aryl methyl sites for hydroxylation is 1. The van der Waals surface area contributed by atoms with Crippen LogP contribution in [0.15, 0.2) is 42.5 Å². The fourth-order valence-corrected chi connectivity index (χ4v) is 5.66. The number of amides is 1. The molecule has 190 valence electrons. The van der Waals surface area contributed by atoms with Crippen LogP contribution in [0.5, 0.6) is 5.75 Å². The molecule has 0 atom stereocenters. The Morgan fingerprint density at radius 1 is 1.03 bits per heavy atom. The van der Waals surface area contributed by atoms with Crippen molar-refractivity contribution in [2.75, 3.05) is 13.1 Å². The van der Waals surface area contributed by atoms with E-state index in [0.717, 1.165) is 48.1 Å². The highest BCUT2D eigenvalue weighted by Crippen LogP contribution is 2.41. The van der Waals surface area contributed by atoms with Crippen molar-refractivity contribution in [2.45, 2.75) is 82.5 Å². The number of hydrogen-bond donors (Lipinski definition) is 0. The molecule has 0 saturated carbocycles. The first-order valence-corrected chi connectivity index (χ1v) is 14.2. The molecule has 0 aliphatic carbocycles. The number of hydrogen-bond acceptors (Lipinski definition) is 5. The highest BCUT2D eigenvalue weighted by molar-refractivity contribution is 7.91. The van der Waals surface area contributed by atoms with Crippen molar-refractivity contribution in [3.8, 4) is 16.9 Å². The molecule has 0 aromatic heterocycles. The topological polar surface area (TPSA) is 72.9 Å². The van der Waals surface area contributed by atoms with Gasteiger partial charge in [0.25, 0.3) is 0 Å². The van der Waals surface area contributed by atoms with Crippen molar-refractivity contribution in [3.05, 3.63) is 53.6 Å². The van der Waals surface area contributed by atoms with Gasteiger partial charge in [0.2, 0.25) is 0 Å². The molecular formula is C28H37NO5S. The summed E-state index contributed by atoms with van der Waals surface area (Å²) >= 11 is 0. The van der Waals surface area contributed by atoms with Crippen molar-refractivity contribution >= 4 is 15.9 Å². The van der Waals surface area contributed by atoms with Gasteiger partial charge in [0.05, 0.1) is 11.0 Å². The normalized spacial score (nSPS) is 17.7. The van der Waals surface area contributed by atoms with Gasteiger partial charge in [-0.1, -0.05) is 30.3 Å². The van der Waals surface area contributed by atoms with Crippen molar-refractivity contribution < 1.29 is 22.7 Å². The van der Waals surface area contributed by atoms with Crippen molar-refractivity contribution in [3.63, 3.8) is 0 Å². The number of carbonyl (C=O) groups excluding carboxylic acids is 1. The second kappa shape index (κ2) is 9.49. The molecule has 1 amide bonds. The van der Waals surface area contributed by atoms with Crippen LogP contribution in [-0.2, 0) is 26.7 Å². The third-order valence-corrected chi connectivity index (χ3v) is 9.11. The minimum Gasteiger partial charge on any atom is -0.487 e. The predicted octanol–water partition coefficient (Wildman–Crippen LogP) is 5.77. The van der Waals surface area contributed by atoms with Crippen molar-refractivity contribution in [1.82, 2.24) is 4.90 Å². The quantitative estimate of drug-likeness (QED) is 0.534. The molecule has 2 heterocycles. The zero-order valence-electron chi connectivity index (χ0n) is 21.5. The fraction of sp³-hybridized carbons (Fsp3) is 0.536. The maximum Gasteiger partial charge on any atom is 0.410 e. The van der Waals surface area contributed by atoms with Crippen LogP contribution in [0.3, 0.4) is 0 Å². The third kappa shape index (κ3) is 6.00. The molecule has 4 rings (SSSR count). The Morgan fingerprint density at radius 3 is 2.26 bits per heavy atom. The van der Waals surface area contributed by atoms with E-state index in [9.17, 15) is 13.2 Å². The number of piperidine rings is 1. The Labute approximate surface area is 209 Å². The number of rotatable bonds is 4. The zero-order chi connectivity index (χ0) is 25.4. The van der Waals surface area contributed by atoms with Gasteiger partial charge in [-0.3, -0.25) is 0 Å². The molecule has 0 unspecified atom stereocenters. The molecule has 2 aliphatic heterocycles. The number of sulfone groups is 1. The van der Waals surface area contributed by atoms with Crippen LogP contribution < -0.4 is 4.74 Å². The molecule has 6 nitrogen and oxygen atoms in total. The van der Waals surface area contributed by atoms with Crippen LogP contribution in [0.1, 0.15) is 65.0 Å². The monoisotopic (exact) mass is 499 g/mol. The molecule has 2 aromatic carbocycles. The van der Waals surface area contributed by atoms with Crippen LogP contribution in [0, 0.1) is 0 Å². The van der Waals surface area contributed by atoms with Crippen molar-refractivity contribution in [2.24, 2.45) is 0 Å². The predicted molar refractivity (Wildman–Crippen MR) is 138 cm³/mol. The summed E-state index contributed by atoms with van der Waals surface area (Å²) in [6.07, 6.45) is 3.21. The number of likely N-dealkylation sites (tertiary alicyclic amines) is 1. The summed E-state index contributed by atoms with van der Waals surface area (Å²) in [5.74, 6) is 0.988. The molecule has 0 bridgehead atoms. The summed E-state index contributed by atoms with van der Waals surface area (Å²) in [7, 11) is -3.12. The molecule has 1 saturated heterocycles. The summed E-state index contributed by atoms with van der Waals surface area (Å²) in [5.41, 5.74) is 3.44. The molecule has 2 aliphatic rings. The van der Waals surface area contributed by atoms with E-state index >= 15 is 0 Å². The maximum absolute atomic E-state index is 12.4. The van der Waals surface area contributed by atoms with E-state index in [1.54, 1.807) is 18.7 Å². The molecule has 1 spiro atoms. The molecule has 1 fully saturated rings. The molecule has 0 N–H and O–H groups in total. The molecule has 35 heavy (non-hydrogen) atoms. The van der Waals surface area contributed by atoms with Gasteiger partial charge in [0, 0.05) is 25.9 Å². The lowest BCUT2D eigenvalue weighted by Gasteiger charge is -2.44. The molecule has 2 aromatic rings. The lowest BCUT2D eigenvalue weighted by Crippen LogP contribution is -2.52. The highest BCUT2D eigenvalue weighted by Gasteiger charge is 2.41. The Balaban J connectivity index is 1.41. The highest BCUT2D eigenvalue weighted by atomic mass is 32.2. The molecule has 7 heteroatoms. The Bertz CT molecular complexity index is 1170. The summed E-state index contributed by atoms with van der Waals surface area (Å²) in [4.78, 5) is 14.2. The van der Waals surface area contributed by atoms with Crippen LogP contribution in [0.4, 0.5) is 4.79 Å². The summed E-state index contributed by atoms with van der Waals surface area (Å²) in [6.45, 7) is 10.4. The first-order chi connectivity index (χ1) is 16.4. The van der Waals surface area contributed by atoms with E-state index in [4.69, 9.17) is 9.47 Å². The molecule has 0 radical (unpaired) electrons. The second-order valence-electron chi connectivity index (χ2n) is 11.1. The Kier molecular flexibility index (Phi) is 6.93. The Hall–Kier alpha value is -2.54. The van der Waals surface area contributed by atoms with Crippen molar-refractivity contribution in [1.29, 1.82) is 0 Å². The van der Waals surface area contributed by atoms with Crippen LogP contribution in [0.25, 0.3) is 11.1 Å². The lowest BCUT2D eigenvalue weighted by atomic mass is 9.82. The standard InChI is InChI=1S/C28H37NO5S/c1-20(2)35(31,32)19-21-6-8-22(9-7-21)23-10-11-25-24(18-23)12-13-28(33-25)14-16-29(17-15-28)26(30)34-27(3,4)5/h6-11,18,20H,12-17,19H2,1-5H3. The Morgan fingerprint density at radius 2 is 1.66 bits per heavy atom. The fourth-order valence-electron chi connectivity index (χ4n) is 4.67. The lowest BCUT2D eigenvalue weighted by molar-refractivity contribution is -0.0272. The van der Waals surface area contributed by atoms with E-state index in [1.807, 2.05) is 51.1 Å². The second-order valence-corrected chi connectivity index (χ2v) is 13.7. The number of carbonyl (C=O) groups is 1. The van der Waals surface area contributed by atoms with Gasteiger partial charge in [-0.05, 0) is 81.8 Å². The summed E-state index contributed by atoms with van der Waals surface area (Å²) < 4.78 is 36.5. The first-order valence-electron chi connectivity index (χ1n) is 12.5. The number of fused-ring (bicyclic) bond motifs is 1. The van der Waals surface area contributed by atoms with E-state index in [1.165, 1.54) is 5.56 Å². The van der Waals surface area contributed by atoms with E-state index in [2.05, 4.69) is 12.1 Å². The summed E-state index contributed by atoms with van der Waals surface area (Å²) in [6, 6.07) is 14.1. The largest absolute Gasteiger partial charge is 0.487 e. The first kappa shape index (κ1) is 25.5. The maximum atomic E-state index is 12.4.